The molecule has 0 aliphatic heterocycles. The SMILES string of the molecule is CCOc1ccc(CN(C)C(=O)C(CC)(CC)CN)cc1.Cl. The first-order valence-corrected chi connectivity index (χ1v) is 7.70. The fourth-order valence-corrected chi connectivity index (χ4v) is 2.54. The van der Waals surface area contributed by atoms with Crippen molar-refractivity contribution in [3.05, 3.63) is 29.8 Å². The quantitative estimate of drug-likeness (QED) is 0.797. The monoisotopic (exact) mass is 328 g/mol. The molecule has 0 aliphatic carbocycles. The van der Waals surface area contributed by atoms with E-state index in [1.54, 1.807) is 4.90 Å². The maximum atomic E-state index is 12.7. The van der Waals surface area contributed by atoms with Gasteiger partial charge in [0, 0.05) is 20.1 Å². The molecule has 0 atom stereocenters. The Morgan fingerprint density at radius 2 is 1.73 bits per heavy atom. The summed E-state index contributed by atoms with van der Waals surface area (Å²) < 4.78 is 5.42. The lowest BCUT2D eigenvalue weighted by Crippen LogP contribution is -2.45. The molecule has 0 spiro atoms. The van der Waals surface area contributed by atoms with Gasteiger partial charge in [0.05, 0.1) is 12.0 Å². The van der Waals surface area contributed by atoms with E-state index in [1.807, 2.05) is 52.1 Å². The van der Waals surface area contributed by atoms with Crippen LogP contribution in [0, 0.1) is 5.41 Å². The van der Waals surface area contributed by atoms with Crippen LogP contribution in [0.3, 0.4) is 0 Å². The lowest BCUT2D eigenvalue weighted by molar-refractivity contribution is -0.141. The van der Waals surface area contributed by atoms with E-state index in [2.05, 4.69) is 0 Å². The Labute approximate surface area is 140 Å². The van der Waals surface area contributed by atoms with Gasteiger partial charge in [-0.15, -0.1) is 12.4 Å². The number of carbonyl (C=O) groups excluding carboxylic acids is 1. The summed E-state index contributed by atoms with van der Waals surface area (Å²) in [4.78, 5) is 14.4. The fourth-order valence-electron chi connectivity index (χ4n) is 2.54. The molecule has 0 radical (unpaired) electrons. The van der Waals surface area contributed by atoms with Crippen molar-refractivity contribution in [1.29, 1.82) is 0 Å². The maximum Gasteiger partial charge on any atom is 0.230 e. The minimum absolute atomic E-state index is 0. The predicted octanol–water partition coefficient (Wildman–Crippen LogP) is 3.23. The molecule has 0 saturated heterocycles. The summed E-state index contributed by atoms with van der Waals surface area (Å²) in [6, 6.07) is 7.87. The molecule has 4 nitrogen and oxygen atoms in total. The zero-order valence-electron chi connectivity index (χ0n) is 14.1. The minimum atomic E-state index is -0.431. The molecule has 0 aromatic heterocycles. The Bertz CT molecular complexity index is 436. The topological polar surface area (TPSA) is 55.6 Å². The van der Waals surface area contributed by atoms with E-state index >= 15 is 0 Å². The van der Waals surface area contributed by atoms with Crippen LogP contribution < -0.4 is 10.5 Å². The first-order chi connectivity index (χ1) is 10.0. The molecule has 0 bridgehead atoms. The number of nitrogens with zero attached hydrogens (tertiary/aromatic N) is 1. The molecule has 0 unspecified atom stereocenters. The molecule has 0 aliphatic rings. The van der Waals surface area contributed by atoms with Crippen LogP contribution >= 0.6 is 12.4 Å². The Kier molecular flexibility index (Phi) is 9.14. The Hall–Kier alpha value is -1.26. The average Bonchev–Trinajstić information content (AvgIpc) is 2.51. The zero-order valence-corrected chi connectivity index (χ0v) is 14.9. The highest BCUT2D eigenvalue weighted by Crippen LogP contribution is 2.28. The number of benzene rings is 1. The number of halogens is 1. The number of ether oxygens (including phenoxy) is 1. The first-order valence-electron chi connectivity index (χ1n) is 7.70. The van der Waals surface area contributed by atoms with Crippen molar-refractivity contribution in [2.24, 2.45) is 11.1 Å². The number of rotatable bonds is 8. The highest BCUT2D eigenvalue weighted by molar-refractivity contribution is 5.85. The third-order valence-electron chi connectivity index (χ3n) is 4.20. The van der Waals surface area contributed by atoms with Gasteiger partial charge in [-0.2, -0.15) is 0 Å². The summed E-state index contributed by atoms with van der Waals surface area (Å²) in [6.45, 7) is 7.66. The van der Waals surface area contributed by atoms with Crippen molar-refractivity contribution in [3.63, 3.8) is 0 Å². The molecular formula is C17H29ClN2O2. The van der Waals surface area contributed by atoms with Crippen LogP contribution in [0.1, 0.15) is 39.2 Å². The van der Waals surface area contributed by atoms with Crippen molar-refractivity contribution in [2.75, 3.05) is 20.2 Å². The molecular weight excluding hydrogens is 300 g/mol. The highest BCUT2D eigenvalue weighted by Gasteiger charge is 2.35. The van der Waals surface area contributed by atoms with Gasteiger partial charge in [0.2, 0.25) is 5.91 Å². The van der Waals surface area contributed by atoms with Crippen molar-refractivity contribution >= 4 is 18.3 Å². The Balaban J connectivity index is 0.00000441. The minimum Gasteiger partial charge on any atom is -0.494 e. The molecule has 1 aromatic rings. The molecule has 0 saturated carbocycles. The summed E-state index contributed by atoms with van der Waals surface area (Å²) in [6.07, 6.45) is 1.54. The standard InChI is InChI=1S/C17H28N2O2.ClH/c1-5-17(6-2,13-18)16(20)19(4)12-14-8-10-15(11-9-14)21-7-3;/h8-11H,5-7,12-13,18H2,1-4H3;1H. The Morgan fingerprint density at radius 1 is 1.18 bits per heavy atom. The summed E-state index contributed by atoms with van der Waals surface area (Å²) in [5.41, 5.74) is 6.51. The van der Waals surface area contributed by atoms with Crippen molar-refractivity contribution in [2.45, 2.75) is 40.2 Å². The summed E-state index contributed by atoms with van der Waals surface area (Å²) >= 11 is 0. The van der Waals surface area contributed by atoms with Gasteiger partial charge in [0.15, 0.2) is 0 Å². The second-order valence-electron chi connectivity index (χ2n) is 5.43. The van der Waals surface area contributed by atoms with Crippen LogP contribution in [-0.4, -0.2) is 31.0 Å². The van der Waals surface area contributed by atoms with Gasteiger partial charge < -0.3 is 15.4 Å². The smallest absolute Gasteiger partial charge is 0.230 e. The van der Waals surface area contributed by atoms with E-state index in [0.717, 1.165) is 24.2 Å². The lowest BCUT2D eigenvalue weighted by atomic mass is 9.81. The second-order valence-corrected chi connectivity index (χ2v) is 5.43. The number of carbonyl (C=O) groups is 1. The van der Waals surface area contributed by atoms with Gasteiger partial charge >= 0.3 is 0 Å². The van der Waals surface area contributed by atoms with Gasteiger partial charge in [-0.3, -0.25) is 4.79 Å². The van der Waals surface area contributed by atoms with Gasteiger partial charge in [-0.1, -0.05) is 26.0 Å². The summed E-state index contributed by atoms with van der Waals surface area (Å²) in [7, 11) is 1.84. The van der Waals surface area contributed by atoms with Gasteiger partial charge in [-0.25, -0.2) is 0 Å². The maximum absolute atomic E-state index is 12.7. The molecule has 1 amide bonds. The number of hydrogen-bond acceptors (Lipinski definition) is 3. The van der Waals surface area contributed by atoms with Gasteiger partial charge in [0.1, 0.15) is 5.75 Å². The largest absolute Gasteiger partial charge is 0.494 e. The van der Waals surface area contributed by atoms with E-state index in [9.17, 15) is 4.79 Å². The van der Waals surface area contributed by atoms with E-state index in [-0.39, 0.29) is 18.3 Å². The molecule has 0 fully saturated rings. The van der Waals surface area contributed by atoms with E-state index in [0.29, 0.717) is 19.7 Å². The Morgan fingerprint density at radius 3 is 2.14 bits per heavy atom. The summed E-state index contributed by atoms with van der Waals surface area (Å²) in [5, 5.41) is 0. The lowest BCUT2D eigenvalue weighted by Gasteiger charge is -2.33. The van der Waals surface area contributed by atoms with Crippen LogP contribution in [0.5, 0.6) is 5.75 Å². The fraction of sp³-hybridized carbons (Fsp3) is 0.588. The predicted molar refractivity (Wildman–Crippen MR) is 93.4 cm³/mol. The molecule has 0 heterocycles. The van der Waals surface area contributed by atoms with Gasteiger partial charge in [0.25, 0.3) is 0 Å². The molecule has 1 aromatic carbocycles. The van der Waals surface area contributed by atoms with Crippen LogP contribution in [-0.2, 0) is 11.3 Å². The number of hydrogen-bond donors (Lipinski definition) is 1. The number of amides is 1. The molecule has 22 heavy (non-hydrogen) atoms. The van der Waals surface area contributed by atoms with Crippen LogP contribution in [0.25, 0.3) is 0 Å². The molecule has 1 rings (SSSR count). The van der Waals surface area contributed by atoms with Crippen LogP contribution in [0.2, 0.25) is 0 Å². The molecule has 2 N–H and O–H groups in total. The molecule has 5 heteroatoms. The zero-order chi connectivity index (χ0) is 15.9. The van der Waals surface area contributed by atoms with Crippen LogP contribution in [0.15, 0.2) is 24.3 Å². The first kappa shape index (κ1) is 20.7. The van der Waals surface area contributed by atoms with E-state index in [1.165, 1.54) is 0 Å². The highest BCUT2D eigenvalue weighted by atomic mass is 35.5. The average molecular weight is 329 g/mol. The normalized spacial score (nSPS) is 10.8. The number of nitrogens with two attached hydrogens (primary N) is 1. The molecule has 126 valence electrons. The third-order valence-corrected chi connectivity index (χ3v) is 4.20. The van der Waals surface area contributed by atoms with Gasteiger partial charge in [-0.05, 0) is 37.5 Å². The summed E-state index contributed by atoms with van der Waals surface area (Å²) in [5.74, 6) is 0.984. The van der Waals surface area contributed by atoms with Crippen molar-refractivity contribution in [3.8, 4) is 5.75 Å². The van der Waals surface area contributed by atoms with E-state index in [4.69, 9.17) is 10.5 Å². The third kappa shape index (κ3) is 4.89. The van der Waals surface area contributed by atoms with Crippen molar-refractivity contribution < 1.29 is 9.53 Å². The van der Waals surface area contributed by atoms with Crippen molar-refractivity contribution in [1.82, 2.24) is 4.90 Å². The van der Waals surface area contributed by atoms with E-state index < -0.39 is 5.41 Å². The second kappa shape index (κ2) is 9.70. The van der Waals surface area contributed by atoms with Crippen LogP contribution in [0.4, 0.5) is 0 Å².